The van der Waals surface area contributed by atoms with E-state index < -0.39 is 29.8 Å². The van der Waals surface area contributed by atoms with Crippen LogP contribution >= 0.6 is 39.1 Å². The van der Waals surface area contributed by atoms with Crippen molar-refractivity contribution in [3.63, 3.8) is 0 Å². The summed E-state index contributed by atoms with van der Waals surface area (Å²) in [6.07, 6.45) is 0.769. The lowest BCUT2D eigenvalue weighted by molar-refractivity contribution is -0.160. The van der Waals surface area contributed by atoms with Crippen LogP contribution in [0.15, 0.2) is 73.0 Å². The Morgan fingerprint density at radius 2 is 1.45 bits per heavy atom. The number of aliphatic hydroxyl groups is 2. The normalized spacial score (nSPS) is 11.4. The van der Waals surface area contributed by atoms with Crippen LogP contribution in [0, 0.1) is 11.6 Å². The van der Waals surface area contributed by atoms with Crippen LogP contribution in [0.1, 0.15) is 16.7 Å². The van der Waals surface area contributed by atoms with Crippen LogP contribution in [0.5, 0.6) is 0 Å². The van der Waals surface area contributed by atoms with E-state index in [1.54, 1.807) is 30.3 Å². The quantitative estimate of drug-likeness (QED) is 0.201. The number of hydrogen-bond acceptors (Lipinski definition) is 4. The summed E-state index contributed by atoms with van der Waals surface area (Å²) in [4.78, 5) is 13.0. The average molecular weight is 560 g/mol. The molecule has 0 aliphatic rings. The zero-order valence-electron chi connectivity index (χ0n) is 17.2. The van der Waals surface area contributed by atoms with E-state index in [9.17, 15) is 23.8 Å². The molecule has 0 saturated heterocycles. The molecule has 0 heterocycles. The molecule has 0 aliphatic heterocycles. The number of hydrogen-bond donors (Lipinski definition) is 2. The molecule has 3 aromatic carbocycles. The van der Waals surface area contributed by atoms with E-state index in [0.717, 1.165) is 30.5 Å². The maximum Gasteiger partial charge on any atom is 0.348 e. The lowest BCUT2D eigenvalue weighted by Crippen LogP contribution is -2.39. The SMILES string of the molecule is CBr.O=C(OCC(=CO)c1ccccc1)C(O)(c1ccc(Cl)c(F)c1)c1ccc(Cl)c(F)c1. The largest absolute Gasteiger partial charge is 0.515 e. The van der Waals surface area contributed by atoms with Crippen molar-refractivity contribution < 1.29 is 28.5 Å². The number of esters is 1. The number of benzene rings is 3. The second-order valence-corrected chi connectivity index (χ2v) is 7.38. The van der Waals surface area contributed by atoms with Crippen molar-refractivity contribution in [2.45, 2.75) is 5.60 Å². The van der Waals surface area contributed by atoms with Gasteiger partial charge in [-0.1, -0.05) is 81.6 Å². The van der Waals surface area contributed by atoms with Gasteiger partial charge in [-0.2, -0.15) is 0 Å². The molecule has 33 heavy (non-hydrogen) atoms. The van der Waals surface area contributed by atoms with Gasteiger partial charge in [-0.3, -0.25) is 0 Å². The number of carbonyl (C=O) groups excluding carboxylic acids is 1. The molecule has 0 saturated carbocycles. The molecule has 2 N–H and O–H groups in total. The first-order chi connectivity index (χ1) is 15.8. The van der Waals surface area contributed by atoms with Crippen LogP contribution in [0.2, 0.25) is 10.0 Å². The molecule has 0 aromatic heterocycles. The topological polar surface area (TPSA) is 66.8 Å². The van der Waals surface area contributed by atoms with Gasteiger partial charge in [0, 0.05) is 16.7 Å². The molecule has 9 heteroatoms. The summed E-state index contributed by atoms with van der Waals surface area (Å²) in [5, 5.41) is 20.4. The van der Waals surface area contributed by atoms with Crippen molar-refractivity contribution in [2.24, 2.45) is 0 Å². The minimum Gasteiger partial charge on any atom is -0.515 e. The zero-order valence-corrected chi connectivity index (χ0v) is 20.3. The van der Waals surface area contributed by atoms with Crippen molar-refractivity contribution in [1.29, 1.82) is 0 Å². The van der Waals surface area contributed by atoms with Crippen LogP contribution in [-0.4, -0.2) is 28.6 Å². The molecule has 4 nitrogen and oxygen atoms in total. The van der Waals surface area contributed by atoms with Crippen molar-refractivity contribution in [1.82, 2.24) is 0 Å². The summed E-state index contributed by atoms with van der Waals surface area (Å²) in [6.45, 7) is -0.409. The van der Waals surface area contributed by atoms with Gasteiger partial charge in [0.2, 0.25) is 5.60 Å². The van der Waals surface area contributed by atoms with Gasteiger partial charge in [-0.25, -0.2) is 13.6 Å². The minimum atomic E-state index is -2.58. The van der Waals surface area contributed by atoms with Gasteiger partial charge in [-0.05, 0) is 35.7 Å². The van der Waals surface area contributed by atoms with Gasteiger partial charge in [-0.15, -0.1) is 0 Å². The number of ether oxygens (including phenoxy) is 1. The maximum atomic E-state index is 14.1. The number of rotatable bonds is 6. The second kappa shape index (κ2) is 12.1. The van der Waals surface area contributed by atoms with Crippen LogP contribution in [-0.2, 0) is 15.1 Å². The van der Waals surface area contributed by atoms with E-state index in [4.69, 9.17) is 27.9 Å². The van der Waals surface area contributed by atoms with Crippen molar-refractivity contribution in [2.75, 3.05) is 12.4 Å². The summed E-state index contributed by atoms with van der Waals surface area (Å²) >= 11 is 14.3. The zero-order chi connectivity index (χ0) is 24.6. The molecule has 3 rings (SSSR count). The van der Waals surface area contributed by atoms with Gasteiger partial charge in [0.25, 0.3) is 0 Å². The van der Waals surface area contributed by atoms with Gasteiger partial charge < -0.3 is 14.9 Å². The Morgan fingerprint density at radius 3 is 1.88 bits per heavy atom. The maximum absolute atomic E-state index is 14.1. The molecule has 0 atom stereocenters. The predicted octanol–water partition coefficient (Wildman–Crippen LogP) is 6.66. The third-order valence-electron chi connectivity index (χ3n) is 4.63. The third kappa shape index (κ3) is 6.12. The minimum absolute atomic E-state index is 0.226. The summed E-state index contributed by atoms with van der Waals surface area (Å²) in [6, 6.07) is 15.1. The van der Waals surface area contributed by atoms with E-state index in [-0.39, 0.29) is 26.7 Å². The molecular formula is C24H19BrCl2F2O4. The van der Waals surface area contributed by atoms with Gasteiger partial charge >= 0.3 is 5.97 Å². The second-order valence-electron chi connectivity index (χ2n) is 6.56. The highest BCUT2D eigenvalue weighted by atomic mass is 79.9. The molecule has 0 spiro atoms. The first-order valence-corrected chi connectivity index (χ1v) is 11.7. The fourth-order valence-electron chi connectivity index (χ4n) is 2.94. The number of carbonyl (C=O) groups is 1. The fourth-order valence-corrected chi connectivity index (χ4v) is 3.17. The first kappa shape index (κ1) is 26.8. The van der Waals surface area contributed by atoms with Crippen LogP contribution < -0.4 is 0 Å². The number of aliphatic hydroxyl groups excluding tert-OH is 1. The average Bonchev–Trinajstić information content (AvgIpc) is 2.84. The van der Waals surface area contributed by atoms with Crippen LogP contribution in [0.25, 0.3) is 5.57 Å². The molecule has 0 bridgehead atoms. The van der Waals surface area contributed by atoms with Gasteiger partial charge in [0.15, 0.2) is 0 Å². The summed E-state index contributed by atoms with van der Waals surface area (Å²) in [7, 11) is 0. The van der Waals surface area contributed by atoms with E-state index in [0.29, 0.717) is 5.56 Å². The molecule has 3 aromatic rings. The van der Waals surface area contributed by atoms with Crippen LogP contribution in [0.3, 0.4) is 0 Å². The van der Waals surface area contributed by atoms with E-state index in [1.165, 1.54) is 12.1 Å². The molecule has 0 fully saturated rings. The number of halogens is 5. The summed E-state index contributed by atoms with van der Waals surface area (Å²) in [5.41, 5.74) is -2.20. The first-order valence-electron chi connectivity index (χ1n) is 9.34. The predicted molar refractivity (Wildman–Crippen MR) is 129 cm³/mol. The smallest absolute Gasteiger partial charge is 0.348 e. The Morgan fingerprint density at radius 1 is 0.970 bits per heavy atom. The molecule has 0 amide bonds. The van der Waals surface area contributed by atoms with Gasteiger partial charge in [0.1, 0.15) is 18.2 Å². The molecule has 174 valence electrons. The highest BCUT2D eigenvalue weighted by molar-refractivity contribution is 9.08. The fraction of sp³-hybridized carbons (Fsp3) is 0.125. The summed E-state index contributed by atoms with van der Waals surface area (Å²) in [5.74, 6) is -1.18. The van der Waals surface area contributed by atoms with E-state index in [2.05, 4.69) is 15.9 Å². The Kier molecular flexibility index (Phi) is 9.86. The van der Waals surface area contributed by atoms with Crippen molar-refractivity contribution in [3.05, 3.63) is 111 Å². The third-order valence-corrected chi connectivity index (χ3v) is 5.24. The highest BCUT2D eigenvalue weighted by Crippen LogP contribution is 2.35. The molecule has 0 unspecified atom stereocenters. The highest BCUT2D eigenvalue weighted by Gasteiger charge is 2.43. The standard InChI is InChI=1S/C23H16Cl2F2O4.CH3Br/c24-18-8-6-16(10-20(18)26)23(30,17-7-9-19(25)21(27)11-17)22(29)31-13-15(12-28)14-4-2-1-3-5-14;1-2/h1-12,28,30H,13H2;1H3. The Bertz CT molecular complexity index is 1090. The van der Waals surface area contributed by atoms with Crippen molar-refractivity contribution >= 4 is 50.7 Å². The Hall–Kier alpha value is -2.45. The van der Waals surface area contributed by atoms with Crippen molar-refractivity contribution in [3.8, 4) is 0 Å². The number of alkyl halides is 1. The lowest BCUT2D eigenvalue weighted by atomic mass is 9.86. The molecule has 0 radical (unpaired) electrons. The monoisotopic (exact) mass is 558 g/mol. The Labute approximate surface area is 208 Å². The van der Waals surface area contributed by atoms with Gasteiger partial charge in [0.05, 0.1) is 16.3 Å². The van der Waals surface area contributed by atoms with E-state index in [1.807, 2.05) is 5.83 Å². The Balaban J connectivity index is 0.00000187. The van der Waals surface area contributed by atoms with Crippen LogP contribution in [0.4, 0.5) is 8.78 Å². The van der Waals surface area contributed by atoms with E-state index >= 15 is 0 Å². The molecular weight excluding hydrogens is 541 g/mol. The lowest BCUT2D eigenvalue weighted by Gasteiger charge is -2.27. The summed E-state index contributed by atoms with van der Waals surface area (Å²) < 4.78 is 33.4. The molecule has 0 aliphatic carbocycles.